The van der Waals surface area contributed by atoms with Crippen LogP contribution in [0.2, 0.25) is 0 Å². The van der Waals surface area contributed by atoms with Crippen molar-refractivity contribution >= 4 is 17.3 Å². The zero-order chi connectivity index (χ0) is 13.8. The predicted octanol–water partition coefficient (Wildman–Crippen LogP) is 2.15. The van der Waals surface area contributed by atoms with Crippen molar-refractivity contribution in [2.24, 2.45) is 5.92 Å². The van der Waals surface area contributed by atoms with Gasteiger partial charge < -0.3 is 10.0 Å². The minimum atomic E-state index is -0.735. The molecule has 0 amide bonds. The van der Waals surface area contributed by atoms with Gasteiger partial charge in [-0.2, -0.15) is 0 Å². The summed E-state index contributed by atoms with van der Waals surface area (Å²) in [6, 6.07) is 4.48. The number of carbonyl (C=O) groups is 1. The van der Waals surface area contributed by atoms with Crippen molar-refractivity contribution in [1.29, 1.82) is 0 Å². The Balaban J connectivity index is 2.10. The van der Waals surface area contributed by atoms with E-state index in [-0.39, 0.29) is 12.6 Å². The lowest BCUT2D eigenvalue weighted by Gasteiger charge is -2.31. The summed E-state index contributed by atoms with van der Waals surface area (Å²) < 4.78 is 0. The Morgan fingerprint density at radius 3 is 2.68 bits per heavy atom. The lowest BCUT2D eigenvalue weighted by Crippen LogP contribution is -2.39. The van der Waals surface area contributed by atoms with E-state index in [1.165, 1.54) is 17.7 Å². The first kappa shape index (κ1) is 14.5. The quantitative estimate of drug-likeness (QED) is 0.793. The monoisotopic (exact) mass is 282 g/mol. The van der Waals surface area contributed by atoms with Gasteiger partial charge in [0.25, 0.3) is 0 Å². The smallest absolute Gasteiger partial charge is 0.317 e. The van der Waals surface area contributed by atoms with E-state index >= 15 is 0 Å². The van der Waals surface area contributed by atoms with Crippen molar-refractivity contribution in [1.82, 2.24) is 9.80 Å². The number of likely N-dealkylation sites (N-methyl/N-ethyl adjacent to an activating group) is 1. The topological polar surface area (TPSA) is 43.8 Å². The zero-order valence-electron chi connectivity index (χ0n) is 11.6. The number of hydrogen-bond donors (Lipinski definition) is 1. The molecule has 1 atom stereocenters. The van der Waals surface area contributed by atoms with E-state index in [1.54, 1.807) is 11.3 Å². The molecule has 1 unspecified atom stereocenters. The number of nitrogens with zero attached hydrogens (tertiary/aromatic N) is 2. The first-order chi connectivity index (χ1) is 9.08. The van der Waals surface area contributed by atoms with Crippen LogP contribution in [-0.4, -0.2) is 54.6 Å². The third kappa shape index (κ3) is 4.30. The minimum absolute atomic E-state index is 0.132. The molecule has 1 aliphatic rings. The number of carboxylic acid groups (broad SMARTS) is 1. The van der Waals surface area contributed by atoms with Gasteiger partial charge in [0.2, 0.25) is 0 Å². The lowest BCUT2D eigenvalue weighted by atomic mass is 10.1. The third-order valence-electron chi connectivity index (χ3n) is 3.47. The molecule has 1 heterocycles. The van der Waals surface area contributed by atoms with Crippen LogP contribution in [0.25, 0.3) is 0 Å². The van der Waals surface area contributed by atoms with Crippen LogP contribution in [0.3, 0.4) is 0 Å². The van der Waals surface area contributed by atoms with Crippen LogP contribution in [0.15, 0.2) is 17.5 Å². The second kappa shape index (κ2) is 6.50. The van der Waals surface area contributed by atoms with Gasteiger partial charge in [0.1, 0.15) is 0 Å². The third-order valence-corrected chi connectivity index (χ3v) is 4.41. The summed E-state index contributed by atoms with van der Waals surface area (Å²) in [7, 11) is 4.05. The first-order valence-corrected chi connectivity index (χ1v) is 7.60. The first-order valence-electron chi connectivity index (χ1n) is 6.72. The van der Waals surface area contributed by atoms with Crippen LogP contribution < -0.4 is 0 Å². The number of aliphatic carboxylic acids is 1. The molecule has 1 N–H and O–H groups in total. The van der Waals surface area contributed by atoms with Crippen molar-refractivity contribution in [3.63, 3.8) is 0 Å². The fraction of sp³-hybridized carbons (Fsp3) is 0.643. The van der Waals surface area contributed by atoms with Crippen molar-refractivity contribution < 1.29 is 9.90 Å². The average Bonchev–Trinajstić information content (AvgIpc) is 3.00. The van der Waals surface area contributed by atoms with E-state index in [4.69, 9.17) is 5.11 Å². The highest BCUT2D eigenvalue weighted by Gasteiger charge is 2.37. The second-order valence-corrected chi connectivity index (χ2v) is 6.44. The molecule has 5 heteroatoms. The highest BCUT2D eigenvalue weighted by atomic mass is 32.1. The fourth-order valence-electron chi connectivity index (χ4n) is 2.40. The number of carboxylic acids is 1. The van der Waals surface area contributed by atoms with E-state index < -0.39 is 5.97 Å². The van der Waals surface area contributed by atoms with Crippen molar-refractivity contribution in [3.05, 3.63) is 22.4 Å². The van der Waals surface area contributed by atoms with Gasteiger partial charge in [0.05, 0.1) is 6.54 Å². The molecule has 2 rings (SSSR count). The summed E-state index contributed by atoms with van der Waals surface area (Å²) in [6.07, 6.45) is 2.45. The molecule has 0 spiro atoms. The highest BCUT2D eigenvalue weighted by molar-refractivity contribution is 7.10. The standard InChI is InChI=1S/C14H22N2O2S/c1-15(2)7-8-16(10-13(17)18)14(11-5-6-11)12-4-3-9-19-12/h3-4,9,11,14H,5-8,10H2,1-2H3,(H,17,18). The molecule has 106 valence electrons. The van der Waals surface area contributed by atoms with Crippen LogP contribution >= 0.6 is 11.3 Å². The van der Waals surface area contributed by atoms with Crippen molar-refractivity contribution in [2.75, 3.05) is 33.7 Å². The minimum Gasteiger partial charge on any atom is -0.480 e. The van der Waals surface area contributed by atoms with Crippen molar-refractivity contribution in [2.45, 2.75) is 18.9 Å². The summed E-state index contributed by atoms with van der Waals surface area (Å²) in [5.41, 5.74) is 0. The Morgan fingerprint density at radius 1 is 1.47 bits per heavy atom. The van der Waals surface area contributed by atoms with Gasteiger partial charge in [-0.15, -0.1) is 11.3 Å². The molecule has 1 saturated carbocycles. The Bertz CT molecular complexity index is 402. The van der Waals surface area contributed by atoms with Crippen LogP contribution in [0.5, 0.6) is 0 Å². The summed E-state index contributed by atoms with van der Waals surface area (Å²) >= 11 is 1.74. The summed E-state index contributed by atoms with van der Waals surface area (Å²) in [5, 5.41) is 11.2. The maximum atomic E-state index is 11.1. The van der Waals surface area contributed by atoms with E-state index in [0.717, 1.165) is 13.1 Å². The van der Waals surface area contributed by atoms with Crippen molar-refractivity contribution in [3.8, 4) is 0 Å². The largest absolute Gasteiger partial charge is 0.480 e. The number of rotatable bonds is 8. The lowest BCUT2D eigenvalue weighted by molar-refractivity contribution is -0.139. The van der Waals surface area contributed by atoms with Gasteiger partial charge in [-0.3, -0.25) is 9.69 Å². The SMILES string of the molecule is CN(C)CCN(CC(=O)O)C(c1cccs1)C1CC1. The molecule has 1 aromatic heterocycles. The molecule has 4 nitrogen and oxygen atoms in total. The summed E-state index contributed by atoms with van der Waals surface area (Å²) in [6.45, 7) is 1.83. The van der Waals surface area contributed by atoms with Gasteiger partial charge in [-0.25, -0.2) is 0 Å². The van der Waals surface area contributed by atoms with Gasteiger partial charge in [0.15, 0.2) is 0 Å². The van der Waals surface area contributed by atoms with E-state index in [0.29, 0.717) is 5.92 Å². The molecular weight excluding hydrogens is 260 g/mol. The zero-order valence-corrected chi connectivity index (χ0v) is 12.4. The van der Waals surface area contributed by atoms with E-state index in [1.807, 2.05) is 14.1 Å². The Morgan fingerprint density at radius 2 is 2.21 bits per heavy atom. The van der Waals surface area contributed by atoms with Gasteiger partial charge >= 0.3 is 5.97 Å². The van der Waals surface area contributed by atoms with Crippen LogP contribution in [0.4, 0.5) is 0 Å². The van der Waals surface area contributed by atoms with Crippen LogP contribution in [0, 0.1) is 5.92 Å². The maximum absolute atomic E-state index is 11.1. The predicted molar refractivity (Wildman–Crippen MR) is 77.5 cm³/mol. The fourth-order valence-corrected chi connectivity index (χ4v) is 3.35. The Kier molecular flexibility index (Phi) is 4.96. The van der Waals surface area contributed by atoms with Gasteiger partial charge in [-0.05, 0) is 44.3 Å². The molecule has 1 fully saturated rings. The normalized spacial score (nSPS) is 17.1. The Labute approximate surface area is 118 Å². The highest BCUT2D eigenvalue weighted by Crippen LogP contribution is 2.45. The van der Waals surface area contributed by atoms with E-state index in [2.05, 4.69) is 27.3 Å². The second-order valence-electron chi connectivity index (χ2n) is 5.47. The molecule has 0 aromatic carbocycles. The molecule has 0 bridgehead atoms. The molecule has 1 aromatic rings. The van der Waals surface area contributed by atoms with Crippen LogP contribution in [-0.2, 0) is 4.79 Å². The number of thiophene rings is 1. The molecular formula is C14H22N2O2S. The molecule has 1 aliphatic carbocycles. The summed E-state index contributed by atoms with van der Waals surface area (Å²) in [4.78, 5) is 16.7. The Hall–Kier alpha value is -0.910. The molecule has 0 saturated heterocycles. The van der Waals surface area contributed by atoms with E-state index in [9.17, 15) is 4.79 Å². The molecule has 0 radical (unpaired) electrons. The molecule has 0 aliphatic heterocycles. The van der Waals surface area contributed by atoms with Gasteiger partial charge in [0, 0.05) is 24.0 Å². The summed E-state index contributed by atoms with van der Waals surface area (Å²) in [5.74, 6) is -0.0962. The van der Waals surface area contributed by atoms with Gasteiger partial charge in [-0.1, -0.05) is 6.07 Å². The van der Waals surface area contributed by atoms with Crippen LogP contribution in [0.1, 0.15) is 23.8 Å². The number of hydrogen-bond acceptors (Lipinski definition) is 4. The maximum Gasteiger partial charge on any atom is 0.317 e. The average molecular weight is 282 g/mol. The molecule has 19 heavy (non-hydrogen) atoms.